The standard InChI is InChI=1S/C15H18N2O/c1-12(15(18)13-7-3-2-4-8-13)17-11-14-9-5-6-10-16-14/h2-10,12,15,17-18H,11H2,1H3/t12-,15+/m0/s1. The Morgan fingerprint density at radius 1 is 1.11 bits per heavy atom. The topological polar surface area (TPSA) is 45.2 Å². The number of nitrogens with one attached hydrogen (secondary N) is 1. The minimum absolute atomic E-state index is 0.0191. The van der Waals surface area contributed by atoms with E-state index < -0.39 is 6.10 Å². The Bertz CT molecular complexity index is 458. The molecule has 94 valence electrons. The first-order valence-corrected chi connectivity index (χ1v) is 6.13. The van der Waals surface area contributed by atoms with Gasteiger partial charge in [0.25, 0.3) is 0 Å². The predicted molar refractivity (Wildman–Crippen MR) is 71.9 cm³/mol. The summed E-state index contributed by atoms with van der Waals surface area (Å²) >= 11 is 0. The zero-order chi connectivity index (χ0) is 12.8. The van der Waals surface area contributed by atoms with Gasteiger partial charge in [0.2, 0.25) is 0 Å². The van der Waals surface area contributed by atoms with Gasteiger partial charge in [0.1, 0.15) is 0 Å². The number of benzene rings is 1. The fourth-order valence-corrected chi connectivity index (χ4v) is 1.82. The van der Waals surface area contributed by atoms with Crippen LogP contribution in [0.4, 0.5) is 0 Å². The number of hydrogen-bond acceptors (Lipinski definition) is 3. The Labute approximate surface area is 108 Å². The third kappa shape index (κ3) is 3.39. The summed E-state index contributed by atoms with van der Waals surface area (Å²) in [5, 5.41) is 13.5. The molecule has 0 spiro atoms. The summed E-state index contributed by atoms with van der Waals surface area (Å²) in [5.41, 5.74) is 1.91. The molecule has 0 aliphatic carbocycles. The Kier molecular flexibility index (Phi) is 4.45. The van der Waals surface area contributed by atoms with Crippen molar-refractivity contribution in [1.82, 2.24) is 10.3 Å². The number of nitrogens with zero attached hydrogens (tertiary/aromatic N) is 1. The van der Waals surface area contributed by atoms with Crippen LogP contribution in [0, 0.1) is 0 Å². The summed E-state index contributed by atoms with van der Waals surface area (Å²) < 4.78 is 0. The summed E-state index contributed by atoms with van der Waals surface area (Å²) in [6.07, 6.45) is 1.27. The van der Waals surface area contributed by atoms with Gasteiger partial charge in [0, 0.05) is 18.8 Å². The molecule has 1 aromatic carbocycles. The van der Waals surface area contributed by atoms with E-state index in [2.05, 4.69) is 10.3 Å². The summed E-state index contributed by atoms with van der Waals surface area (Å²) in [7, 11) is 0. The third-order valence-electron chi connectivity index (χ3n) is 2.95. The van der Waals surface area contributed by atoms with Gasteiger partial charge >= 0.3 is 0 Å². The first-order valence-electron chi connectivity index (χ1n) is 6.13. The van der Waals surface area contributed by atoms with Crippen molar-refractivity contribution < 1.29 is 5.11 Å². The Morgan fingerprint density at radius 3 is 2.50 bits per heavy atom. The normalized spacial score (nSPS) is 14.1. The fraction of sp³-hybridized carbons (Fsp3) is 0.267. The van der Waals surface area contributed by atoms with Crippen LogP contribution in [0.25, 0.3) is 0 Å². The first kappa shape index (κ1) is 12.7. The summed E-state index contributed by atoms with van der Waals surface area (Å²) in [6.45, 7) is 2.63. The van der Waals surface area contributed by atoms with Crippen molar-refractivity contribution in [3.05, 3.63) is 66.0 Å². The maximum atomic E-state index is 10.2. The summed E-state index contributed by atoms with van der Waals surface area (Å²) in [5.74, 6) is 0. The number of aliphatic hydroxyl groups is 1. The molecule has 0 aliphatic rings. The van der Waals surface area contributed by atoms with Crippen LogP contribution < -0.4 is 5.32 Å². The van der Waals surface area contributed by atoms with Gasteiger partial charge in [0.15, 0.2) is 0 Å². The van der Waals surface area contributed by atoms with Crippen molar-refractivity contribution in [1.29, 1.82) is 0 Å². The highest BCUT2D eigenvalue weighted by Gasteiger charge is 2.15. The molecule has 2 N–H and O–H groups in total. The SMILES string of the molecule is C[C@H](NCc1ccccn1)[C@@H](O)c1ccccc1. The molecule has 0 bridgehead atoms. The molecule has 1 heterocycles. The predicted octanol–water partition coefficient (Wildman–Crippen LogP) is 2.29. The second kappa shape index (κ2) is 6.28. The number of pyridine rings is 1. The van der Waals surface area contributed by atoms with Gasteiger partial charge in [-0.2, -0.15) is 0 Å². The van der Waals surface area contributed by atoms with Gasteiger partial charge in [-0.25, -0.2) is 0 Å². The molecule has 2 aromatic rings. The van der Waals surface area contributed by atoms with Gasteiger partial charge in [-0.15, -0.1) is 0 Å². The highest BCUT2D eigenvalue weighted by molar-refractivity contribution is 5.18. The lowest BCUT2D eigenvalue weighted by molar-refractivity contribution is 0.135. The number of hydrogen-bond donors (Lipinski definition) is 2. The fourth-order valence-electron chi connectivity index (χ4n) is 1.82. The molecule has 0 aliphatic heterocycles. The second-order valence-corrected chi connectivity index (χ2v) is 4.35. The molecule has 1 aromatic heterocycles. The molecule has 0 saturated carbocycles. The average molecular weight is 242 g/mol. The van der Waals surface area contributed by atoms with E-state index in [0.717, 1.165) is 11.3 Å². The van der Waals surface area contributed by atoms with Crippen molar-refractivity contribution >= 4 is 0 Å². The maximum absolute atomic E-state index is 10.2. The average Bonchev–Trinajstić information content (AvgIpc) is 2.46. The van der Waals surface area contributed by atoms with Crippen LogP contribution in [0.2, 0.25) is 0 Å². The van der Waals surface area contributed by atoms with Gasteiger partial charge in [-0.05, 0) is 24.6 Å². The van der Waals surface area contributed by atoms with E-state index in [1.165, 1.54) is 0 Å². The molecule has 3 nitrogen and oxygen atoms in total. The van der Waals surface area contributed by atoms with Crippen LogP contribution in [-0.2, 0) is 6.54 Å². The van der Waals surface area contributed by atoms with E-state index in [1.807, 2.05) is 55.5 Å². The molecule has 0 amide bonds. The maximum Gasteiger partial charge on any atom is 0.0940 e. The highest BCUT2D eigenvalue weighted by Crippen LogP contribution is 2.16. The van der Waals surface area contributed by atoms with E-state index in [4.69, 9.17) is 0 Å². The Morgan fingerprint density at radius 2 is 1.83 bits per heavy atom. The van der Waals surface area contributed by atoms with Gasteiger partial charge < -0.3 is 10.4 Å². The Balaban J connectivity index is 1.90. The lowest BCUT2D eigenvalue weighted by Crippen LogP contribution is -2.31. The molecular formula is C15H18N2O. The van der Waals surface area contributed by atoms with Crippen LogP contribution >= 0.6 is 0 Å². The molecule has 2 rings (SSSR count). The number of rotatable bonds is 5. The largest absolute Gasteiger partial charge is 0.387 e. The van der Waals surface area contributed by atoms with Crippen LogP contribution in [-0.4, -0.2) is 16.1 Å². The minimum atomic E-state index is -0.505. The minimum Gasteiger partial charge on any atom is -0.387 e. The van der Waals surface area contributed by atoms with Crippen LogP contribution in [0.3, 0.4) is 0 Å². The van der Waals surface area contributed by atoms with Crippen LogP contribution in [0.15, 0.2) is 54.7 Å². The zero-order valence-corrected chi connectivity index (χ0v) is 10.5. The number of aliphatic hydroxyl groups excluding tert-OH is 1. The van der Waals surface area contributed by atoms with Crippen LogP contribution in [0.5, 0.6) is 0 Å². The number of aromatic nitrogens is 1. The van der Waals surface area contributed by atoms with Crippen molar-refractivity contribution in [2.24, 2.45) is 0 Å². The van der Waals surface area contributed by atoms with E-state index >= 15 is 0 Å². The molecule has 0 saturated heterocycles. The van der Waals surface area contributed by atoms with Gasteiger partial charge in [-0.3, -0.25) is 4.98 Å². The van der Waals surface area contributed by atoms with Crippen molar-refractivity contribution in [2.45, 2.75) is 25.6 Å². The van der Waals surface area contributed by atoms with Crippen molar-refractivity contribution in [3.8, 4) is 0 Å². The van der Waals surface area contributed by atoms with Crippen molar-refractivity contribution in [3.63, 3.8) is 0 Å². The van der Waals surface area contributed by atoms with Gasteiger partial charge in [-0.1, -0.05) is 36.4 Å². The first-order chi connectivity index (χ1) is 8.77. The lowest BCUT2D eigenvalue weighted by atomic mass is 10.0. The molecule has 3 heteroatoms. The highest BCUT2D eigenvalue weighted by atomic mass is 16.3. The van der Waals surface area contributed by atoms with E-state index in [0.29, 0.717) is 6.54 Å². The molecule has 18 heavy (non-hydrogen) atoms. The quantitative estimate of drug-likeness (QED) is 0.845. The second-order valence-electron chi connectivity index (χ2n) is 4.35. The molecule has 0 radical (unpaired) electrons. The van der Waals surface area contributed by atoms with Crippen LogP contribution in [0.1, 0.15) is 24.3 Å². The van der Waals surface area contributed by atoms with E-state index in [-0.39, 0.29) is 6.04 Å². The van der Waals surface area contributed by atoms with Gasteiger partial charge in [0.05, 0.1) is 11.8 Å². The van der Waals surface area contributed by atoms with E-state index in [9.17, 15) is 5.11 Å². The molecule has 2 atom stereocenters. The molecule has 0 fully saturated rings. The molecule has 0 unspecified atom stereocenters. The Hall–Kier alpha value is -1.71. The van der Waals surface area contributed by atoms with E-state index in [1.54, 1.807) is 6.20 Å². The van der Waals surface area contributed by atoms with Crippen molar-refractivity contribution in [2.75, 3.05) is 0 Å². The zero-order valence-electron chi connectivity index (χ0n) is 10.5. The summed E-state index contributed by atoms with van der Waals surface area (Å²) in [4.78, 5) is 4.24. The lowest BCUT2D eigenvalue weighted by Gasteiger charge is -2.20. The third-order valence-corrected chi connectivity index (χ3v) is 2.95. The monoisotopic (exact) mass is 242 g/mol. The summed E-state index contributed by atoms with van der Waals surface area (Å²) in [6, 6.07) is 15.5. The smallest absolute Gasteiger partial charge is 0.0940 e. The molecular weight excluding hydrogens is 224 g/mol.